The van der Waals surface area contributed by atoms with Gasteiger partial charge in [-0.15, -0.1) is 0 Å². The van der Waals surface area contributed by atoms with Gasteiger partial charge in [0.15, 0.2) is 5.11 Å². The Bertz CT molecular complexity index is 1140. The fourth-order valence-electron chi connectivity index (χ4n) is 4.68. The summed E-state index contributed by atoms with van der Waals surface area (Å²) in [5, 5.41) is 4.06. The molecule has 0 amide bonds. The molecule has 0 spiro atoms. The molecule has 2 atom stereocenters. The number of aryl methyl sites for hydroxylation is 1. The highest BCUT2D eigenvalue weighted by molar-refractivity contribution is 7.80. The molecule has 4 rings (SSSR count). The number of halogens is 3. The molecule has 33 heavy (non-hydrogen) atoms. The first-order chi connectivity index (χ1) is 15.7. The lowest BCUT2D eigenvalue weighted by molar-refractivity contribution is -0.137. The Morgan fingerprint density at radius 1 is 1.09 bits per heavy atom. The number of aromatic nitrogens is 2. The third-order valence-electron chi connectivity index (χ3n) is 6.19. The molecular weight excluding hydrogens is 445 g/mol. The van der Waals surface area contributed by atoms with Crippen molar-refractivity contribution < 1.29 is 13.2 Å². The maximum absolute atomic E-state index is 13.8. The van der Waals surface area contributed by atoms with E-state index in [1.54, 1.807) is 16.8 Å². The summed E-state index contributed by atoms with van der Waals surface area (Å²) in [6.07, 6.45) is -0.726. The van der Waals surface area contributed by atoms with Crippen molar-refractivity contribution >= 4 is 17.3 Å². The van der Waals surface area contributed by atoms with Crippen molar-refractivity contribution in [3.05, 3.63) is 82.9 Å². The molecule has 1 fully saturated rings. The minimum atomic E-state index is -4.44. The summed E-state index contributed by atoms with van der Waals surface area (Å²) in [6, 6.07) is 13.1. The van der Waals surface area contributed by atoms with Gasteiger partial charge in [-0.3, -0.25) is 4.98 Å². The molecule has 8 heteroatoms. The van der Waals surface area contributed by atoms with E-state index in [4.69, 9.17) is 12.2 Å². The maximum Gasteiger partial charge on any atom is 0.418 e. The van der Waals surface area contributed by atoms with E-state index in [1.807, 2.05) is 38.1 Å². The fraction of sp³-hybridized carbons (Fsp3) is 0.360. The quantitative estimate of drug-likeness (QED) is 0.428. The summed E-state index contributed by atoms with van der Waals surface area (Å²) >= 11 is 5.69. The first kappa shape index (κ1) is 23.3. The SMILES string of the molecule is CCCCN1C(=S)N[C@H](c2ccccn2)[C@@H]1c1cc(C)n(-c2ccccc2C(F)(F)F)c1C. The van der Waals surface area contributed by atoms with Gasteiger partial charge >= 0.3 is 6.18 Å². The number of benzene rings is 1. The van der Waals surface area contributed by atoms with E-state index in [9.17, 15) is 13.2 Å². The van der Waals surface area contributed by atoms with Crippen molar-refractivity contribution in [1.29, 1.82) is 0 Å². The third-order valence-corrected chi connectivity index (χ3v) is 6.54. The highest BCUT2D eigenvalue weighted by atomic mass is 32.1. The average Bonchev–Trinajstić information content (AvgIpc) is 3.27. The van der Waals surface area contributed by atoms with Gasteiger partial charge in [0, 0.05) is 24.1 Å². The van der Waals surface area contributed by atoms with Crippen LogP contribution in [0.3, 0.4) is 0 Å². The lowest BCUT2D eigenvalue weighted by atomic mass is 9.96. The molecule has 1 aliphatic rings. The maximum atomic E-state index is 13.8. The minimum absolute atomic E-state index is 0.134. The number of nitrogens with zero attached hydrogens (tertiary/aromatic N) is 3. The molecule has 4 nitrogen and oxygen atoms in total. The van der Waals surface area contributed by atoms with Gasteiger partial charge in [-0.1, -0.05) is 31.5 Å². The molecule has 0 bridgehead atoms. The zero-order valence-corrected chi connectivity index (χ0v) is 19.7. The molecule has 0 radical (unpaired) electrons. The Kier molecular flexibility index (Phi) is 6.47. The number of pyridine rings is 1. The lowest BCUT2D eigenvalue weighted by Crippen LogP contribution is -2.30. The van der Waals surface area contributed by atoms with E-state index in [0.29, 0.717) is 5.11 Å². The van der Waals surface area contributed by atoms with Crippen LogP contribution in [0.15, 0.2) is 54.7 Å². The van der Waals surface area contributed by atoms with Crippen molar-refractivity contribution in [1.82, 2.24) is 19.8 Å². The van der Waals surface area contributed by atoms with Gasteiger partial charge in [0.2, 0.25) is 0 Å². The van der Waals surface area contributed by atoms with Crippen LogP contribution in [-0.4, -0.2) is 26.1 Å². The molecular formula is C25H27F3N4S. The zero-order valence-electron chi connectivity index (χ0n) is 18.9. The summed E-state index contributed by atoms with van der Waals surface area (Å²) < 4.78 is 43.1. The number of unbranched alkanes of at least 4 members (excludes halogenated alkanes) is 1. The number of thiocarbonyl (C=S) groups is 1. The Hall–Kier alpha value is -2.87. The molecule has 3 heterocycles. The Labute approximate surface area is 197 Å². The second-order valence-electron chi connectivity index (χ2n) is 8.35. The molecule has 1 saturated heterocycles. The Morgan fingerprint density at radius 2 is 1.82 bits per heavy atom. The van der Waals surface area contributed by atoms with E-state index in [-0.39, 0.29) is 17.8 Å². The third kappa shape index (κ3) is 4.36. The molecule has 0 saturated carbocycles. The van der Waals surface area contributed by atoms with Crippen LogP contribution in [0.5, 0.6) is 0 Å². The number of para-hydroxylation sites is 1. The fourth-order valence-corrected chi connectivity index (χ4v) is 5.01. The number of rotatable bonds is 6. The molecule has 1 aliphatic heterocycles. The number of alkyl halides is 3. The number of hydrogen-bond donors (Lipinski definition) is 1. The summed E-state index contributed by atoms with van der Waals surface area (Å²) in [5.74, 6) is 0. The van der Waals surface area contributed by atoms with Crippen LogP contribution in [0, 0.1) is 13.8 Å². The first-order valence-corrected chi connectivity index (χ1v) is 11.5. The lowest BCUT2D eigenvalue weighted by Gasteiger charge is -2.28. The van der Waals surface area contributed by atoms with Crippen LogP contribution >= 0.6 is 12.2 Å². The normalized spacial score (nSPS) is 18.6. The largest absolute Gasteiger partial charge is 0.418 e. The standard InChI is InChI=1S/C25H27F3N4S/c1-4-5-14-31-23(22(30-24(31)33)20-11-8-9-13-29-20)18-15-16(2)32(17(18)3)21-12-7-6-10-19(21)25(26,27)28/h6-13,15,22-23H,4-5,14H2,1-3H3,(H,30,33)/t22-,23+/m1/s1. The second-order valence-corrected chi connectivity index (χ2v) is 8.74. The summed E-state index contributed by atoms with van der Waals surface area (Å²) in [7, 11) is 0. The Balaban J connectivity index is 1.86. The predicted octanol–water partition coefficient (Wildman–Crippen LogP) is 6.28. The van der Waals surface area contributed by atoms with Crippen LogP contribution in [0.25, 0.3) is 5.69 Å². The average molecular weight is 473 g/mol. The highest BCUT2D eigenvalue weighted by Crippen LogP contribution is 2.42. The van der Waals surface area contributed by atoms with Crippen molar-refractivity contribution in [2.24, 2.45) is 0 Å². The Morgan fingerprint density at radius 3 is 2.48 bits per heavy atom. The van der Waals surface area contributed by atoms with Gasteiger partial charge in [-0.05, 0) is 68.4 Å². The van der Waals surface area contributed by atoms with Crippen LogP contribution in [0.4, 0.5) is 13.2 Å². The highest BCUT2D eigenvalue weighted by Gasteiger charge is 2.41. The van der Waals surface area contributed by atoms with Gasteiger partial charge in [0.05, 0.1) is 29.0 Å². The molecule has 2 aromatic heterocycles. The monoisotopic (exact) mass is 472 g/mol. The molecule has 1 aromatic carbocycles. The van der Waals surface area contributed by atoms with E-state index < -0.39 is 11.7 Å². The van der Waals surface area contributed by atoms with Gasteiger partial charge in [0.1, 0.15) is 0 Å². The summed E-state index contributed by atoms with van der Waals surface area (Å²) in [6.45, 7) is 6.61. The first-order valence-electron chi connectivity index (χ1n) is 11.1. The summed E-state index contributed by atoms with van der Waals surface area (Å²) in [4.78, 5) is 6.70. The van der Waals surface area contributed by atoms with Crippen LogP contribution in [0.1, 0.15) is 60.1 Å². The van der Waals surface area contributed by atoms with Crippen LogP contribution < -0.4 is 5.32 Å². The van der Waals surface area contributed by atoms with Crippen LogP contribution in [-0.2, 0) is 6.18 Å². The molecule has 3 aromatic rings. The van der Waals surface area contributed by atoms with Gasteiger partial charge < -0.3 is 14.8 Å². The number of nitrogens with one attached hydrogen (secondary N) is 1. The molecule has 0 aliphatic carbocycles. The second kappa shape index (κ2) is 9.17. The molecule has 0 unspecified atom stereocenters. The van der Waals surface area contributed by atoms with Gasteiger partial charge in [0.25, 0.3) is 0 Å². The summed E-state index contributed by atoms with van der Waals surface area (Å²) in [5.41, 5.74) is 2.79. The van der Waals surface area contributed by atoms with E-state index in [1.165, 1.54) is 12.1 Å². The zero-order chi connectivity index (χ0) is 23.8. The van der Waals surface area contributed by atoms with E-state index in [2.05, 4.69) is 22.1 Å². The van der Waals surface area contributed by atoms with Gasteiger partial charge in [-0.25, -0.2) is 0 Å². The van der Waals surface area contributed by atoms with Crippen molar-refractivity contribution in [2.75, 3.05) is 6.54 Å². The van der Waals surface area contributed by atoms with E-state index in [0.717, 1.165) is 48.1 Å². The topological polar surface area (TPSA) is 33.1 Å². The van der Waals surface area contributed by atoms with Crippen molar-refractivity contribution in [3.63, 3.8) is 0 Å². The van der Waals surface area contributed by atoms with E-state index >= 15 is 0 Å². The van der Waals surface area contributed by atoms with Crippen molar-refractivity contribution in [2.45, 2.75) is 51.9 Å². The van der Waals surface area contributed by atoms with Gasteiger partial charge in [-0.2, -0.15) is 13.2 Å². The predicted molar refractivity (Wildman–Crippen MR) is 127 cm³/mol. The van der Waals surface area contributed by atoms with Crippen molar-refractivity contribution in [3.8, 4) is 5.69 Å². The smallest absolute Gasteiger partial charge is 0.352 e. The number of hydrogen-bond acceptors (Lipinski definition) is 2. The minimum Gasteiger partial charge on any atom is -0.352 e. The molecule has 1 N–H and O–H groups in total. The van der Waals surface area contributed by atoms with Crippen LogP contribution in [0.2, 0.25) is 0 Å². The molecule has 174 valence electrons.